The molecule has 7 rings (SSSR count). The second-order valence-electron chi connectivity index (χ2n) is 11.5. The van der Waals surface area contributed by atoms with Gasteiger partial charge in [0.1, 0.15) is 17.8 Å². The molecule has 9 nitrogen and oxygen atoms in total. The first-order valence-corrected chi connectivity index (χ1v) is 14.3. The number of piperidine rings is 1. The van der Waals surface area contributed by atoms with Gasteiger partial charge in [0.2, 0.25) is 5.91 Å². The van der Waals surface area contributed by atoms with Crippen LogP contribution in [0.4, 0.5) is 14.6 Å². The molecule has 1 saturated carbocycles. The number of rotatable bonds is 1. The molecule has 1 saturated heterocycles. The molecule has 2 N–H and O–H groups in total. The minimum Gasteiger partial charge on any atom is -0.365 e. The van der Waals surface area contributed by atoms with Crippen LogP contribution in [0.15, 0.2) is 41.5 Å². The van der Waals surface area contributed by atoms with Gasteiger partial charge < -0.3 is 10.6 Å². The fourth-order valence-electron chi connectivity index (χ4n) is 6.08. The lowest BCUT2D eigenvalue weighted by Gasteiger charge is -2.35. The maximum Gasteiger partial charge on any atom is 0.276 e. The zero-order chi connectivity index (χ0) is 28.6. The number of benzene rings is 1. The minimum absolute atomic E-state index is 0.0211. The van der Waals surface area contributed by atoms with E-state index in [-0.39, 0.29) is 30.1 Å². The molecule has 8 bridgehead atoms. The van der Waals surface area contributed by atoms with E-state index >= 15 is 8.78 Å². The van der Waals surface area contributed by atoms with Crippen molar-refractivity contribution in [3.63, 3.8) is 0 Å². The highest BCUT2D eigenvalue weighted by Gasteiger charge is 2.47. The summed E-state index contributed by atoms with van der Waals surface area (Å²) >= 11 is 0. The number of carbonyl (C=O) groups excluding carboxylic acids is 1. The summed E-state index contributed by atoms with van der Waals surface area (Å²) in [4.78, 5) is 36.9. The number of carbonyl (C=O) groups is 1. The Kier molecular flexibility index (Phi) is 7.20. The quantitative estimate of drug-likeness (QED) is 0.466. The van der Waals surface area contributed by atoms with Crippen molar-refractivity contribution in [2.45, 2.75) is 63.0 Å². The van der Waals surface area contributed by atoms with Crippen LogP contribution in [0.2, 0.25) is 0 Å². The molecule has 41 heavy (non-hydrogen) atoms. The van der Waals surface area contributed by atoms with Gasteiger partial charge in [0.15, 0.2) is 0 Å². The molecule has 0 spiro atoms. The van der Waals surface area contributed by atoms with Gasteiger partial charge in [-0.05, 0) is 69.3 Å². The number of nitriles is 1. The van der Waals surface area contributed by atoms with Crippen LogP contribution in [-0.4, -0.2) is 51.5 Å². The number of nitrogens with one attached hydrogen (secondary N) is 2. The number of pyridine rings is 1. The lowest BCUT2D eigenvalue weighted by molar-refractivity contribution is -0.123. The van der Waals surface area contributed by atoms with Crippen LogP contribution in [0, 0.1) is 17.2 Å². The lowest BCUT2D eigenvalue weighted by Crippen LogP contribution is -2.44. The number of amides is 1. The highest BCUT2D eigenvalue weighted by molar-refractivity contribution is 5.87. The third kappa shape index (κ3) is 5.28. The number of nitrogens with zero attached hydrogens (tertiary/aromatic N) is 5. The maximum atomic E-state index is 15.6. The summed E-state index contributed by atoms with van der Waals surface area (Å²) in [5, 5.41) is 16.7. The van der Waals surface area contributed by atoms with E-state index in [0.29, 0.717) is 92.7 Å². The Labute approximate surface area is 236 Å². The third-order valence-corrected chi connectivity index (χ3v) is 8.73. The van der Waals surface area contributed by atoms with Crippen molar-refractivity contribution in [2.24, 2.45) is 5.92 Å². The lowest BCUT2D eigenvalue weighted by atomic mass is 9.86. The van der Waals surface area contributed by atoms with Gasteiger partial charge in [-0.1, -0.05) is 18.2 Å². The van der Waals surface area contributed by atoms with E-state index in [0.717, 1.165) is 0 Å². The molecule has 2 aromatic heterocycles. The van der Waals surface area contributed by atoms with Gasteiger partial charge >= 0.3 is 0 Å². The summed E-state index contributed by atoms with van der Waals surface area (Å²) in [6, 6.07) is 10.5. The number of aromatic nitrogens is 3. The van der Waals surface area contributed by atoms with Crippen LogP contribution in [0.5, 0.6) is 0 Å². The van der Waals surface area contributed by atoms with E-state index in [2.05, 4.69) is 26.7 Å². The Bertz CT molecular complexity index is 1570. The monoisotopic (exact) mass is 561 g/mol. The SMILES string of the molecule is N#CC1(c2cc3c4ncnc3n(c2=O)CCCCNC(=O)CN2CCC(CC2)C(F)(F)c2cccc(c2)CN4)CC1. The predicted molar refractivity (Wildman–Crippen MR) is 149 cm³/mol. The summed E-state index contributed by atoms with van der Waals surface area (Å²) in [6.07, 6.45) is 4.52. The van der Waals surface area contributed by atoms with Crippen molar-refractivity contribution in [1.82, 2.24) is 24.8 Å². The smallest absolute Gasteiger partial charge is 0.276 e. The maximum absolute atomic E-state index is 15.6. The summed E-state index contributed by atoms with van der Waals surface area (Å²) in [7, 11) is 0. The van der Waals surface area contributed by atoms with Gasteiger partial charge in [-0.15, -0.1) is 0 Å². The van der Waals surface area contributed by atoms with Crippen LogP contribution in [0.3, 0.4) is 0 Å². The Morgan fingerprint density at radius 3 is 2.59 bits per heavy atom. The van der Waals surface area contributed by atoms with E-state index in [1.807, 2.05) is 4.90 Å². The molecule has 1 aliphatic carbocycles. The molecule has 0 radical (unpaired) electrons. The zero-order valence-corrected chi connectivity index (χ0v) is 22.8. The molecule has 2 fully saturated rings. The number of hydrogen-bond acceptors (Lipinski definition) is 7. The van der Waals surface area contributed by atoms with Gasteiger partial charge in [-0.2, -0.15) is 5.26 Å². The standard InChI is InChI=1S/C30H33F2N7O2/c31-30(32)21-6-12-38(13-7-21)17-25(40)34-10-1-2-11-39-27-23(15-24(28(39)41)29(18-33)8-9-29)26(36-19-37-27)35-16-20-4-3-5-22(30)14-20/h3-5,14-15,19,21H,1-2,6-13,16-17H2,(H,34,40)(H,35,36,37). The molecule has 5 heterocycles. The first kappa shape index (κ1) is 27.3. The Morgan fingerprint density at radius 2 is 1.83 bits per heavy atom. The van der Waals surface area contributed by atoms with E-state index in [1.54, 1.807) is 22.8 Å². The molecule has 1 amide bonds. The molecule has 214 valence electrons. The largest absolute Gasteiger partial charge is 0.365 e. The predicted octanol–water partition coefficient (Wildman–Crippen LogP) is 3.67. The Morgan fingerprint density at radius 1 is 1.02 bits per heavy atom. The average Bonchev–Trinajstić information content (AvgIpc) is 3.78. The average molecular weight is 562 g/mol. The Hall–Kier alpha value is -3.91. The van der Waals surface area contributed by atoms with Crippen molar-refractivity contribution >= 4 is 22.8 Å². The fourth-order valence-corrected chi connectivity index (χ4v) is 6.08. The van der Waals surface area contributed by atoms with Gasteiger partial charge in [-0.3, -0.25) is 19.1 Å². The first-order chi connectivity index (χ1) is 19.8. The van der Waals surface area contributed by atoms with Crippen LogP contribution in [0.1, 0.15) is 55.2 Å². The zero-order valence-electron chi connectivity index (χ0n) is 22.8. The number of fused-ring (bicyclic) bond motifs is 9. The van der Waals surface area contributed by atoms with E-state index in [9.17, 15) is 14.9 Å². The van der Waals surface area contributed by atoms with Crippen molar-refractivity contribution in [1.29, 1.82) is 5.26 Å². The molecule has 11 heteroatoms. The normalized spacial score (nSPS) is 24.1. The summed E-state index contributed by atoms with van der Waals surface area (Å²) in [5.74, 6) is -3.45. The third-order valence-electron chi connectivity index (χ3n) is 8.73. The summed E-state index contributed by atoms with van der Waals surface area (Å²) in [5.41, 5.74) is 0.495. The molecular formula is C30H33F2N7O2. The van der Waals surface area contributed by atoms with Gasteiger partial charge in [0.25, 0.3) is 11.5 Å². The number of hydrogen-bond donors (Lipinski definition) is 2. The van der Waals surface area contributed by atoms with Gasteiger partial charge in [0, 0.05) is 36.7 Å². The van der Waals surface area contributed by atoms with Crippen LogP contribution in [0.25, 0.3) is 11.0 Å². The molecule has 3 aromatic rings. The van der Waals surface area contributed by atoms with Crippen LogP contribution in [-0.2, 0) is 29.2 Å². The van der Waals surface area contributed by atoms with E-state index < -0.39 is 17.3 Å². The molecule has 0 atom stereocenters. The number of alkyl halides is 2. The number of aryl methyl sites for hydroxylation is 1. The van der Waals surface area contributed by atoms with E-state index in [4.69, 9.17) is 0 Å². The van der Waals surface area contributed by atoms with E-state index in [1.165, 1.54) is 18.5 Å². The number of halogens is 2. The topological polar surface area (TPSA) is 116 Å². The Balaban J connectivity index is 1.38. The molecule has 4 aliphatic rings. The minimum atomic E-state index is -2.99. The summed E-state index contributed by atoms with van der Waals surface area (Å²) in [6.45, 7) is 2.15. The molecule has 0 unspecified atom stereocenters. The first-order valence-electron chi connectivity index (χ1n) is 14.3. The van der Waals surface area contributed by atoms with Crippen molar-refractivity contribution in [3.05, 3.63) is 63.7 Å². The van der Waals surface area contributed by atoms with Crippen LogP contribution < -0.4 is 16.2 Å². The second kappa shape index (κ2) is 10.8. The molecular weight excluding hydrogens is 528 g/mol. The van der Waals surface area contributed by atoms with Gasteiger partial charge in [0.05, 0.1) is 23.4 Å². The van der Waals surface area contributed by atoms with Crippen LogP contribution >= 0.6 is 0 Å². The molecule has 1 aromatic carbocycles. The second-order valence-corrected chi connectivity index (χ2v) is 11.5. The highest BCUT2D eigenvalue weighted by Crippen LogP contribution is 2.47. The summed E-state index contributed by atoms with van der Waals surface area (Å²) < 4.78 is 32.9. The van der Waals surface area contributed by atoms with Crippen molar-refractivity contribution in [3.8, 4) is 6.07 Å². The molecule has 3 aliphatic heterocycles. The van der Waals surface area contributed by atoms with Gasteiger partial charge in [-0.25, -0.2) is 18.7 Å². The van der Waals surface area contributed by atoms with Crippen molar-refractivity contribution in [2.75, 3.05) is 31.5 Å². The fraction of sp³-hybridized carbons (Fsp3) is 0.500. The highest BCUT2D eigenvalue weighted by atomic mass is 19.3. The number of anilines is 1. The van der Waals surface area contributed by atoms with Crippen molar-refractivity contribution < 1.29 is 13.6 Å².